The summed E-state index contributed by atoms with van der Waals surface area (Å²) in [4.78, 5) is 11.3. The Kier molecular flexibility index (Phi) is 3.42. The van der Waals surface area contributed by atoms with Crippen LogP contribution in [0.3, 0.4) is 0 Å². The van der Waals surface area contributed by atoms with E-state index >= 15 is 0 Å². The van der Waals surface area contributed by atoms with Crippen LogP contribution < -0.4 is 5.32 Å². The lowest BCUT2D eigenvalue weighted by atomic mass is 10.1. The Morgan fingerprint density at radius 3 is 2.79 bits per heavy atom. The first kappa shape index (κ1) is 11.4. The van der Waals surface area contributed by atoms with E-state index in [2.05, 4.69) is 5.32 Å². The molecule has 1 amide bonds. The first-order valence-electron chi connectivity index (χ1n) is 4.73. The fourth-order valence-electron chi connectivity index (χ4n) is 1.58. The van der Waals surface area contributed by atoms with E-state index in [1.807, 2.05) is 0 Å². The van der Waals surface area contributed by atoms with Crippen LogP contribution in [-0.4, -0.2) is 29.6 Å². The van der Waals surface area contributed by atoms with E-state index in [9.17, 15) is 13.6 Å². The van der Waals surface area contributed by atoms with E-state index < -0.39 is 11.8 Å². The zero-order valence-electron chi connectivity index (χ0n) is 8.09. The van der Waals surface area contributed by atoms with Gasteiger partial charge in [-0.3, -0.25) is 4.79 Å². The second-order valence-corrected chi connectivity index (χ2v) is 3.89. The van der Waals surface area contributed by atoms with Gasteiger partial charge < -0.3 is 10.4 Å². The molecule has 5 heteroatoms. The van der Waals surface area contributed by atoms with Gasteiger partial charge in [0.1, 0.15) is 0 Å². The fourth-order valence-corrected chi connectivity index (χ4v) is 1.58. The van der Waals surface area contributed by atoms with Crippen molar-refractivity contribution >= 4 is 5.91 Å². The maximum Gasteiger partial charge on any atom is 0.248 e. The van der Waals surface area contributed by atoms with Crippen LogP contribution in [-0.2, 0) is 4.79 Å². The molecule has 1 aliphatic carbocycles. The van der Waals surface area contributed by atoms with Gasteiger partial charge in [0, 0.05) is 24.8 Å². The molecular formula is C9H15F2NO2. The standard InChI is InChI=1S/C9H15F2NO2/c1-6(5-13)12-8(14)7-2-3-9(10,11)4-7/h6-7,13H,2-5H2,1H3,(H,12,14)/t6-,7?/m0/s1. The molecule has 0 spiro atoms. The molecule has 1 unspecified atom stereocenters. The van der Waals surface area contributed by atoms with Crippen molar-refractivity contribution in [3.8, 4) is 0 Å². The molecule has 0 aromatic carbocycles. The second-order valence-electron chi connectivity index (χ2n) is 3.89. The van der Waals surface area contributed by atoms with Gasteiger partial charge in [-0.05, 0) is 13.3 Å². The summed E-state index contributed by atoms with van der Waals surface area (Å²) in [6.45, 7) is 1.46. The molecule has 0 aromatic rings. The van der Waals surface area contributed by atoms with Crippen LogP contribution in [0.15, 0.2) is 0 Å². The van der Waals surface area contributed by atoms with Crippen LogP contribution in [0, 0.1) is 5.92 Å². The minimum atomic E-state index is -2.69. The molecular weight excluding hydrogens is 192 g/mol. The number of carbonyl (C=O) groups excluding carboxylic acids is 1. The van der Waals surface area contributed by atoms with Crippen molar-refractivity contribution in [1.82, 2.24) is 5.32 Å². The molecule has 82 valence electrons. The molecule has 3 nitrogen and oxygen atoms in total. The summed E-state index contributed by atoms with van der Waals surface area (Å²) in [5.74, 6) is -3.66. The molecule has 2 N–H and O–H groups in total. The largest absolute Gasteiger partial charge is 0.394 e. The summed E-state index contributed by atoms with van der Waals surface area (Å²) in [6.07, 6.45) is -0.341. The maximum absolute atomic E-state index is 12.7. The molecule has 1 saturated carbocycles. The Balaban J connectivity index is 2.40. The second kappa shape index (κ2) is 4.21. The lowest BCUT2D eigenvalue weighted by Crippen LogP contribution is -2.38. The van der Waals surface area contributed by atoms with Crippen molar-refractivity contribution in [2.75, 3.05) is 6.61 Å². The van der Waals surface area contributed by atoms with Gasteiger partial charge in [-0.1, -0.05) is 0 Å². The third kappa shape index (κ3) is 2.90. The van der Waals surface area contributed by atoms with Crippen LogP contribution in [0.5, 0.6) is 0 Å². The van der Waals surface area contributed by atoms with Gasteiger partial charge in [0.15, 0.2) is 0 Å². The Morgan fingerprint density at radius 1 is 1.71 bits per heavy atom. The highest BCUT2D eigenvalue weighted by molar-refractivity contribution is 5.79. The van der Waals surface area contributed by atoms with E-state index in [1.54, 1.807) is 6.92 Å². The Bertz CT molecular complexity index is 221. The molecule has 2 atom stereocenters. The normalized spacial score (nSPS) is 27.3. The molecule has 0 aromatic heterocycles. The average molecular weight is 207 g/mol. The van der Waals surface area contributed by atoms with Gasteiger partial charge in [0.25, 0.3) is 0 Å². The van der Waals surface area contributed by atoms with Gasteiger partial charge in [-0.25, -0.2) is 8.78 Å². The lowest BCUT2D eigenvalue weighted by Gasteiger charge is -2.14. The summed E-state index contributed by atoms with van der Waals surface area (Å²) in [5, 5.41) is 11.2. The molecule has 1 fully saturated rings. The zero-order chi connectivity index (χ0) is 10.8. The summed E-state index contributed by atoms with van der Waals surface area (Å²) < 4.78 is 25.5. The van der Waals surface area contributed by atoms with Crippen molar-refractivity contribution in [2.45, 2.75) is 38.2 Å². The van der Waals surface area contributed by atoms with E-state index in [0.717, 1.165) is 0 Å². The summed E-state index contributed by atoms with van der Waals surface area (Å²) >= 11 is 0. The number of nitrogens with one attached hydrogen (secondary N) is 1. The summed E-state index contributed by atoms with van der Waals surface area (Å²) in [5.41, 5.74) is 0. The van der Waals surface area contributed by atoms with E-state index in [-0.39, 0.29) is 37.8 Å². The highest BCUT2D eigenvalue weighted by Crippen LogP contribution is 2.38. The number of aliphatic hydroxyl groups excluding tert-OH is 1. The lowest BCUT2D eigenvalue weighted by molar-refractivity contribution is -0.126. The molecule has 0 heterocycles. The van der Waals surface area contributed by atoms with Crippen molar-refractivity contribution in [2.24, 2.45) is 5.92 Å². The van der Waals surface area contributed by atoms with Crippen molar-refractivity contribution in [3.05, 3.63) is 0 Å². The molecule has 14 heavy (non-hydrogen) atoms. The van der Waals surface area contributed by atoms with E-state index in [1.165, 1.54) is 0 Å². The van der Waals surface area contributed by atoms with Crippen molar-refractivity contribution in [1.29, 1.82) is 0 Å². The third-order valence-electron chi connectivity index (χ3n) is 2.44. The Hall–Kier alpha value is -0.710. The highest BCUT2D eigenvalue weighted by atomic mass is 19.3. The molecule has 0 saturated heterocycles. The first-order chi connectivity index (χ1) is 6.44. The number of rotatable bonds is 3. The highest BCUT2D eigenvalue weighted by Gasteiger charge is 2.42. The quantitative estimate of drug-likeness (QED) is 0.723. The maximum atomic E-state index is 12.7. The van der Waals surface area contributed by atoms with Gasteiger partial charge in [0.2, 0.25) is 11.8 Å². The number of aliphatic hydroxyl groups is 1. The number of hydrogen-bond donors (Lipinski definition) is 2. The predicted octanol–water partition coefficient (Wildman–Crippen LogP) is 0.919. The van der Waals surface area contributed by atoms with Crippen LogP contribution in [0.1, 0.15) is 26.2 Å². The van der Waals surface area contributed by atoms with Crippen LogP contribution >= 0.6 is 0 Å². The summed E-state index contributed by atoms with van der Waals surface area (Å²) in [6, 6.07) is -0.364. The number of alkyl halides is 2. The topological polar surface area (TPSA) is 49.3 Å². The van der Waals surface area contributed by atoms with Crippen molar-refractivity contribution < 1.29 is 18.7 Å². The predicted molar refractivity (Wildman–Crippen MR) is 47.0 cm³/mol. The fraction of sp³-hybridized carbons (Fsp3) is 0.889. The first-order valence-corrected chi connectivity index (χ1v) is 4.73. The molecule has 1 rings (SSSR count). The number of carbonyl (C=O) groups is 1. The van der Waals surface area contributed by atoms with Crippen LogP contribution in [0.25, 0.3) is 0 Å². The van der Waals surface area contributed by atoms with E-state index in [0.29, 0.717) is 0 Å². The molecule has 0 bridgehead atoms. The van der Waals surface area contributed by atoms with E-state index in [4.69, 9.17) is 5.11 Å². The molecule has 0 radical (unpaired) electrons. The van der Waals surface area contributed by atoms with Crippen molar-refractivity contribution in [3.63, 3.8) is 0 Å². The molecule has 0 aliphatic heterocycles. The van der Waals surface area contributed by atoms with Crippen LogP contribution in [0.2, 0.25) is 0 Å². The number of amides is 1. The van der Waals surface area contributed by atoms with Gasteiger partial charge >= 0.3 is 0 Å². The Morgan fingerprint density at radius 2 is 2.36 bits per heavy atom. The smallest absolute Gasteiger partial charge is 0.248 e. The zero-order valence-corrected chi connectivity index (χ0v) is 8.09. The number of halogens is 2. The minimum absolute atomic E-state index is 0.172. The van der Waals surface area contributed by atoms with Gasteiger partial charge in [0.05, 0.1) is 6.61 Å². The van der Waals surface area contributed by atoms with Crippen LogP contribution in [0.4, 0.5) is 8.78 Å². The number of hydrogen-bond acceptors (Lipinski definition) is 2. The third-order valence-corrected chi connectivity index (χ3v) is 2.44. The molecule has 1 aliphatic rings. The monoisotopic (exact) mass is 207 g/mol. The van der Waals surface area contributed by atoms with Gasteiger partial charge in [-0.15, -0.1) is 0 Å². The van der Waals surface area contributed by atoms with Gasteiger partial charge in [-0.2, -0.15) is 0 Å². The minimum Gasteiger partial charge on any atom is -0.394 e. The Labute approximate surface area is 81.5 Å². The summed E-state index contributed by atoms with van der Waals surface area (Å²) in [7, 11) is 0. The SMILES string of the molecule is C[C@@H](CO)NC(=O)C1CCC(F)(F)C1. The average Bonchev–Trinajstić information content (AvgIpc) is 2.46.